The summed E-state index contributed by atoms with van der Waals surface area (Å²) in [7, 11) is 6.08. The number of nitrogens with one attached hydrogen (secondary N) is 1. The van der Waals surface area contributed by atoms with E-state index in [1.807, 2.05) is 13.8 Å². The Morgan fingerprint density at radius 1 is 0.906 bits per heavy atom. The van der Waals surface area contributed by atoms with Crippen LogP contribution >= 0.6 is 0 Å². The molecule has 0 bridgehead atoms. The Labute approximate surface area is 186 Å². The van der Waals surface area contributed by atoms with Crippen LogP contribution in [0, 0.1) is 5.92 Å². The lowest BCUT2D eigenvalue weighted by atomic mass is 10.0. The lowest BCUT2D eigenvalue weighted by Gasteiger charge is -2.17. The average molecular weight is 440 g/mol. The molecule has 0 saturated heterocycles. The molecule has 0 aliphatic heterocycles. The second-order valence-electron chi connectivity index (χ2n) is 7.67. The molecule has 0 unspecified atom stereocenters. The summed E-state index contributed by atoms with van der Waals surface area (Å²) in [5.74, 6) is 1.73. The van der Waals surface area contributed by atoms with Gasteiger partial charge >= 0.3 is 0 Å². The first-order chi connectivity index (χ1) is 15.3. The van der Waals surface area contributed by atoms with Crippen LogP contribution in [0.4, 0.5) is 5.69 Å². The molecule has 2 aromatic carbocycles. The number of pyridine rings is 1. The Morgan fingerprint density at radius 2 is 1.53 bits per heavy atom. The number of ether oxygens (including phenoxy) is 4. The Hall–Kier alpha value is -3.68. The van der Waals surface area contributed by atoms with E-state index in [4.69, 9.17) is 18.9 Å². The highest BCUT2D eigenvalue weighted by Crippen LogP contribution is 2.34. The second-order valence-corrected chi connectivity index (χ2v) is 7.67. The van der Waals surface area contributed by atoms with Gasteiger partial charge in [0.25, 0.3) is 11.5 Å². The number of carbonyl (C=O) groups is 1. The van der Waals surface area contributed by atoms with Crippen LogP contribution in [0.1, 0.15) is 24.2 Å². The van der Waals surface area contributed by atoms with Crippen molar-refractivity contribution in [1.29, 1.82) is 0 Å². The van der Waals surface area contributed by atoms with Gasteiger partial charge in [-0.25, -0.2) is 0 Å². The van der Waals surface area contributed by atoms with Crippen LogP contribution < -0.4 is 29.8 Å². The molecule has 1 amide bonds. The standard InChI is InChI=1S/C24H28N2O6/c1-14(2)12-26-13-18(16-10-21(31-5)22(32-6)11-17(16)24(26)28)23(27)25-19-8-7-15(29-3)9-20(19)30-4/h7-11,13-14H,12H2,1-6H3,(H,25,27). The van der Waals surface area contributed by atoms with Crippen molar-refractivity contribution in [3.63, 3.8) is 0 Å². The van der Waals surface area contributed by atoms with E-state index in [-0.39, 0.29) is 17.4 Å². The zero-order valence-corrected chi connectivity index (χ0v) is 19.1. The lowest BCUT2D eigenvalue weighted by molar-refractivity contribution is 0.102. The molecule has 1 N–H and O–H groups in total. The third kappa shape index (κ3) is 4.49. The molecule has 170 valence electrons. The van der Waals surface area contributed by atoms with Crippen LogP contribution in [0.15, 0.2) is 41.3 Å². The van der Waals surface area contributed by atoms with Crippen molar-refractivity contribution in [2.45, 2.75) is 20.4 Å². The summed E-state index contributed by atoms with van der Waals surface area (Å²) < 4.78 is 22.9. The summed E-state index contributed by atoms with van der Waals surface area (Å²) in [5, 5.41) is 3.72. The number of carbonyl (C=O) groups excluding carboxylic acids is 1. The summed E-state index contributed by atoms with van der Waals surface area (Å²) in [6.07, 6.45) is 1.59. The fourth-order valence-corrected chi connectivity index (χ4v) is 3.52. The summed E-state index contributed by atoms with van der Waals surface area (Å²) in [6.45, 7) is 4.48. The number of fused-ring (bicyclic) bond motifs is 1. The van der Waals surface area contributed by atoms with Gasteiger partial charge in [0.15, 0.2) is 11.5 Å². The van der Waals surface area contributed by atoms with Gasteiger partial charge in [-0.2, -0.15) is 0 Å². The number of nitrogens with zero attached hydrogens (tertiary/aromatic N) is 1. The van der Waals surface area contributed by atoms with E-state index in [0.717, 1.165) is 0 Å². The number of hydrogen-bond donors (Lipinski definition) is 1. The van der Waals surface area contributed by atoms with Crippen LogP contribution in [0.25, 0.3) is 10.8 Å². The molecule has 3 aromatic rings. The Morgan fingerprint density at radius 3 is 2.09 bits per heavy atom. The van der Waals surface area contributed by atoms with Crippen molar-refractivity contribution in [1.82, 2.24) is 4.57 Å². The molecule has 8 nitrogen and oxygen atoms in total. The molecule has 32 heavy (non-hydrogen) atoms. The first-order valence-corrected chi connectivity index (χ1v) is 10.2. The normalized spacial score (nSPS) is 10.8. The van der Waals surface area contributed by atoms with Crippen molar-refractivity contribution in [2.24, 2.45) is 5.92 Å². The van der Waals surface area contributed by atoms with Gasteiger partial charge in [-0.3, -0.25) is 9.59 Å². The number of hydrogen-bond acceptors (Lipinski definition) is 6. The van der Waals surface area contributed by atoms with Crippen molar-refractivity contribution in [2.75, 3.05) is 33.8 Å². The van der Waals surface area contributed by atoms with E-state index in [1.54, 1.807) is 48.2 Å². The molecule has 0 atom stereocenters. The van der Waals surface area contributed by atoms with Gasteiger partial charge in [0.1, 0.15) is 11.5 Å². The van der Waals surface area contributed by atoms with Crippen molar-refractivity contribution < 1.29 is 23.7 Å². The van der Waals surface area contributed by atoms with Gasteiger partial charge in [-0.1, -0.05) is 13.8 Å². The summed E-state index contributed by atoms with van der Waals surface area (Å²) >= 11 is 0. The Bertz CT molecular complexity index is 1200. The third-order valence-electron chi connectivity index (χ3n) is 5.05. The number of aromatic nitrogens is 1. The summed E-state index contributed by atoms with van der Waals surface area (Å²) in [4.78, 5) is 26.5. The quantitative estimate of drug-likeness (QED) is 0.571. The molecule has 1 heterocycles. The number of methoxy groups -OCH3 is 4. The molecule has 0 saturated carbocycles. The maximum absolute atomic E-state index is 13.4. The maximum atomic E-state index is 13.4. The van der Waals surface area contributed by atoms with Crippen LogP contribution in [-0.2, 0) is 6.54 Å². The van der Waals surface area contributed by atoms with Crippen LogP contribution in [0.3, 0.4) is 0 Å². The molecular weight excluding hydrogens is 412 g/mol. The first-order valence-electron chi connectivity index (χ1n) is 10.2. The minimum absolute atomic E-state index is 0.201. The maximum Gasteiger partial charge on any atom is 0.258 e. The third-order valence-corrected chi connectivity index (χ3v) is 5.05. The molecule has 8 heteroatoms. The predicted octanol–water partition coefficient (Wildman–Crippen LogP) is 3.94. The van der Waals surface area contributed by atoms with Gasteiger partial charge in [0.2, 0.25) is 0 Å². The molecule has 0 aliphatic rings. The molecule has 0 fully saturated rings. The number of rotatable bonds is 8. The fourth-order valence-electron chi connectivity index (χ4n) is 3.52. The number of anilines is 1. The van der Waals surface area contributed by atoms with E-state index in [0.29, 0.717) is 51.6 Å². The minimum atomic E-state index is -0.386. The highest BCUT2D eigenvalue weighted by Gasteiger charge is 2.20. The van der Waals surface area contributed by atoms with E-state index >= 15 is 0 Å². The highest BCUT2D eigenvalue weighted by molar-refractivity contribution is 6.13. The van der Waals surface area contributed by atoms with Gasteiger partial charge in [-0.15, -0.1) is 0 Å². The SMILES string of the molecule is COc1ccc(NC(=O)c2cn(CC(C)C)c(=O)c3cc(OC)c(OC)cc23)c(OC)c1. The van der Waals surface area contributed by atoms with E-state index in [1.165, 1.54) is 21.3 Å². The number of amides is 1. The first kappa shape index (κ1) is 23.0. The van der Waals surface area contributed by atoms with Gasteiger partial charge in [0, 0.05) is 24.2 Å². The summed E-state index contributed by atoms with van der Waals surface area (Å²) in [5.41, 5.74) is 0.612. The van der Waals surface area contributed by atoms with Crippen molar-refractivity contribution in [3.05, 3.63) is 52.4 Å². The lowest BCUT2D eigenvalue weighted by Crippen LogP contribution is -2.25. The second kappa shape index (κ2) is 9.64. The minimum Gasteiger partial charge on any atom is -0.497 e. The molecule has 1 aromatic heterocycles. The van der Waals surface area contributed by atoms with Gasteiger partial charge in [0.05, 0.1) is 45.1 Å². The van der Waals surface area contributed by atoms with E-state index < -0.39 is 0 Å². The van der Waals surface area contributed by atoms with Crippen LogP contribution in [0.2, 0.25) is 0 Å². The molecule has 0 radical (unpaired) electrons. The highest BCUT2D eigenvalue weighted by atomic mass is 16.5. The topological polar surface area (TPSA) is 88.0 Å². The molecule has 0 aliphatic carbocycles. The smallest absolute Gasteiger partial charge is 0.258 e. The van der Waals surface area contributed by atoms with Crippen molar-refractivity contribution >= 4 is 22.4 Å². The average Bonchev–Trinajstić information content (AvgIpc) is 2.79. The van der Waals surface area contributed by atoms with E-state index in [9.17, 15) is 9.59 Å². The van der Waals surface area contributed by atoms with Crippen molar-refractivity contribution in [3.8, 4) is 23.0 Å². The van der Waals surface area contributed by atoms with Crippen LogP contribution in [0.5, 0.6) is 23.0 Å². The monoisotopic (exact) mass is 440 g/mol. The van der Waals surface area contributed by atoms with Gasteiger partial charge in [-0.05, 0) is 30.2 Å². The zero-order chi connectivity index (χ0) is 23.4. The molecule has 0 spiro atoms. The summed E-state index contributed by atoms with van der Waals surface area (Å²) in [6, 6.07) is 8.37. The largest absolute Gasteiger partial charge is 0.497 e. The molecule has 3 rings (SSSR count). The Balaban J connectivity index is 2.18. The van der Waals surface area contributed by atoms with E-state index in [2.05, 4.69) is 5.32 Å². The number of benzene rings is 2. The van der Waals surface area contributed by atoms with Gasteiger partial charge < -0.3 is 28.8 Å². The fraction of sp³-hybridized carbons (Fsp3) is 0.333. The predicted molar refractivity (Wildman–Crippen MR) is 124 cm³/mol. The van der Waals surface area contributed by atoms with Crippen LogP contribution in [-0.4, -0.2) is 38.9 Å². The molecular formula is C24H28N2O6. The Kier molecular flexibility index (Phi) is 6.92. The zero-order valence-electron chi connectivity index (χ0n) is 19.1.